The number of hydrogen-bond acceptors (Lipinski definition) is 4. The average molecular weight is 382 g/mol. The van der Waals surface area contributed by atoms with Crippen LogP contribution in [0.5, 0.6) is 0 Å². The maximum Gasteiger partial charge on any atom is 0.410 e. The van der Waals surface area contributed by atoms with Crippen molar-refractivity contribution in [1.82, 2.24) is 4.90 Å². The summed E-state index contributed by atoms with van der Waals surface area (Å²) in [6, 6.07) is 7.23. The van der Waals surface area contributed by atoms with Gasteiger partial charge < -0.3 is 19.1 Å². The largest absolute Gasteiger partial charge is 0.444 e. The van der Waals surface area contributed by atoms with Crippen molar-refractivity contribution in [1.29, 1.82) is 0 Å². The van der Waals surface area contributed by atoms with Crippen LogP contribution < -0.4 is 0 Å². The van der Waals surface area contributed by atoms with Gasteiger partial charge >= 0.3 is 6.09 Å². The molecular weight excluding hydrogens is 354 g/mol. The predicted octanol–water partition coefficient (Wildman–Crippen LogP) is 4.74. The fraction of sp³-hybridized carbons (Fsp3) is 0.550. The third-order valence-electron chi connectivity index (χ3n) is 3.93. The van der Waals surface area contributed by atoms with Gasteiger partial charge in [-0.15, -0.1) is 0 Å². The molecule has 0 aliphatic carbocycles. The van der Waals surface area contributed by atoms with Gasteiger partial charge in [-0.3, -0.25) is 0 Å². The van der Waals surface area contributed by atoms with Crippen molar-refractivity contribution in [3.8, 4) is 0 Å². The van der Waals surface area contributed by atoms with Gasteiger partial charge in [0.15, 0.2) is 5.79 Å². The van der Waals surface area contributed by atoms with Gasteiger partial charge in [-0.25, -0.2) is 4.79 Å². The summed E-state index contributed by atoms with van der Waals surface area (Å²) in [6.45, 7) is 9.60. The monoisotopic (exact) mass is 381 g/mol. The zero-order chi connectivity index (χ0) is 19.5. The molecule has 0 N–H and O–H groups in total. The molecule has 1 saturated heterocycles. The second-order valence-electron chi connectivity index (χ2n) is 7.86. The van der Waals surface area contributed by atoms with Gasteiger partial charge in [-0.1, -0.05) is 35.9 Å². The highest BCUT2D eigenvalue weighted by Gasteiger charge is 2.39. The first kappa shape index (κ1) is 20.7. The molecule has 1 amide bonds. The molecular formula is C20H28ClNO4. The Morgan fingerprint density at radius 1 is 1.31 bits per heavy atom. The van der Waals surface area contributed by atoms with Crippen LogP contribution in [0.15, 0.2) is 30.3 Å². The molecule has 1 fully saturated rings. The lowest BCUT2D eigenvalue weighted by Crippen LogP contribution is -2.56. The lowest BCUT2D eigenvalue weighted by molar-refractivity contribution is -0.280. The Kier molecular flexibility index (Phi) is 6.37. The molecule has 2 rings (SSSR count). The molecule has 1 aliphatic heterocycles. The summed E-state index contributed by atoms with van der Waals surface area (Å²) in [5.41, 5.74) is 0.441. The number of ether oxygens (including phenoxy) is 3. The van der Waals surface area contributed by atoms with Crippen molar-refractivity contribution in [2.45, 2.75) is 58.2 Å². The maximum atomic E-state index is 12.4. The molecule has 1 heterocycles. The van der Waals surface area contributed by atoms with Crippen molar-refractivity contribution in [2.75, 3.05) is 13.7 Å². The first-order valence-electron chi connectivity index (χ1n) is 8.68. The molecule has 1 aliphatic rings. The molecule has 0 radical (unpaired) electrons. The van der Waals surface area contributed by atoms with Crippen LogP contribution in [0, 0.1) is 0 Å². The van der Waals surface area contributed by atoms with Gasteiger partial charge in [0.25, 0.3) is 0 Å². The highest BCUT2D eigenvalue weighted by Crippen LogP contribution is 2.27. The molecule has 0 bridgehead atoms. The third kappa shape index (κ3) is 6.01. The van der Waals surface area contributed by atoms with Crippen LogP contribution in [-0.4, -0.2) is 48.2 Å². The number of carbonyl (C=O) groups excluding carboxylic acids is 1. The minimum absolute atomic E-state index is 0.290. The minimum Gasteiger partial charge on any atom is -0.444 e. The summed E-state index contributed by atoms with van der Waals surface area (Å²) in [5.74, 6) is -0.722. The number of hydrogen-bond donors (Lipinski definition) is 0. The van der Waals surface area contributed by atoms with E-state index in [1.165, 1.54) is 4.90 Å². The molecule has 0 saturated carbocycles. The number of benzene rings is 1. The summed E-state index contributed by atoms with van der Waals surface area (Å²) in [5, 5.41) is 0.688. The summed E-state index contributed by atoms with van der Waals surface area (Å²) in [7, 11) is 1.70. The second-order valence-corrected chi connectivity index (χ2v) is 8.30. The Hall–Kier alpha value is -1.56. The smallest absolute Gasteiger partial charge is 0.410 e. The van der Waals surface area contributed by atoms with E-state index in [9.17, 15) is 4.79 Å². The molecule has 144 valence electrons. The van der Waals surface area contributed by atoms with E-state index in [-0.39, 0.29) is 12.1 Å². The van der Waals surface area contributed by atoms with E-state index < -0.39 is 17.5 Å². The Morgan fingerprint density at radius 2 is 1.92 bits per heavy atom. The third-order valence-corrected chi connectivity index (χ3v) is 4.18. The Labute approximate surface area is 160 Å². The Morgan fingerprint density at radius 3 is 2.50 bits per heavy atom. The number of likely N-dealkylation sites (N-methyl/N-ethyl adjacent to an activating group) is 1. The number of halogens is 1. The molecule has 26 heavy (non-hydrogen) atoms. The molecule has 1 aromatic carbocycles. The fourth-order valence-electron chi connectivity index (χ4n) is 2.57. The van der Waals surface area contributed by atoms with Crippen molar-refractivity contribution >= 4 is 23.8 Å². The van der Waals surface area contributed by atoms with E-state index in [4.69, 9.17) is 25.8 Å². The highest BCUT2D eigenvalue weighted by atomic mass is 35.5. The van der Waals surface area contributed by atoms with Crippen LogP contribution in [0.1, 0.15) is 40.2 Å². The molecule has 5 nitrogen and oxygen atoms in total. The number of carbonyl (C=O) groups is 1. The molecule has 1 aromatic rings. The maximum absolute atomic E-state index is 12.4. The standard InChI is InChI=1S/C20H28ClNO4/c1-19(2,3)26-18(23)22(6)16-13-24-20(4,5)25-17(16)12-9-14-7-10-15(21)11-8-14/h7-12,16-17H,13H2,1-6H3/b12-9+/t16?,17-/m1/s1. The number of amides is 1. The quantitative estimate of drug-likeness (QED) is 0.758. The van der Waals surface area contributed by atoms with E-state index in [2.05, 4.69) is 0 Å². The summed E-state index contributed by atoms with van der Waals surface area (Å²) >= 11 is 5.93. The predicted molar refractivity (Wildman–Crippen MR) is 103 cm³/mol. The SMILES string of the molecule is CN(C(=O)OC(C)(C)C)C1COC(C)(C)O[C@@H]1/C=C/c1ccc(Cl)cc1. The van der Waals surface area contributed by atoms with E-state index >= 15 is 0 Å². The lowest BCUT2D eigenvalue weighted by Gasteiger charge is -2.43. The summed E-state index contributed by atoms with van der Waals surface area (Å²) < 4.78 is 17.3. The van der Waals surface area contributed by atoms with Crippen LogP contribution in [0.2, 0.25) is 5.02 Å². The van der Waals surface area contributed by atoms with Gasteiger partial charge in [0.2, 0.25) is 0 Å². The number of rotatable bonds is 3. The van der Waals surface area contributed by atoms with E-state index in [0.29, 0.717) is 11.6 Å². The van der Waals surface area contributed by atoms with Crippen LogP contribution in [0.4, 0.5) is 4.79 Å². The molecule has 0 spiro atoms. The van der Waals surface area contributed by atoms with Gasteiger partial charge in [0.1, 0.15) is 11.7 Å². The van der Waals surface area contributed by atoms with Gasteiger partial charge in [-0.05, 0) is 52.3 Å². The summed E-state index contributed by atoms with van der Waals surface area (Å²) in [6.07, 6.45) is 3.17. The first-order valence-corrected chi connectivity index (χ1v) is 9.06. The zero-order valence-corrected chi connectivity index (χ0v) is 17.0. The minimum atomic E-state index is -0.722. The lowest BCUT2D eigenvalue weighted by atomic mass is 10.1. The van der Waals surface area contributed by atoms with Crippen molar-refractivity contribution < 1.29 is 19.0 Å². The molecule has 1 unspecified atom stereocenters. The van der Waals surface area contributed by atoms with Gasteiger partial charge in [0, 0.05) is 12.1 Å². The average Bonchev–Trinajstić information content (AvgIpc) is 2.51. The first-order chi connectivity index (χ1) is 12.0. The van der Waals surface area contributed by atoms with Crippen molar-refractivity contribution in [2.24, 2.45) is 0 Å². The normalized spacial score (nSPS) is 23.0. The Bertz CT molecular complexity index is 649. The van der Waals surface area contributed by atoms with E-state index in [0.717, 1.165) is 5.56 Å². The van der Waals surface area contributed by atoms with Crippen LogP contribution in [-0.2, 0) is 14.2 Å². The van der Waals surface area contributed by atoms with Crippen LogP contribution in [0.3, 0.4) is 0 Å². The second kappa shape index (κ2) is 7.99. The van der Waals surface area contributed by atoms with Crippen LogP contribution >= 0.6 is 11.6 Å². The molecule has 6 heteroatoms. The Balaban J connectivity index is 2.17. The van der Waals surface area contributed by atoms with E-state index in [1.54, 1.807) is 7.05 Å². The molecule has 2 atom stereocenters. The van der Waals surface area contributed by atoms with Gasteiger partial charge in [-0.2, -0.15) is 0 Å². The topological polar surface area (TPSA) is 48.0 Å². The highest BCUT2D eigenvalue weighted by molar-refractivity contribution is 6.30. The molecule has 0 aromatic heterocycles. The van der Waals surface area contributed by atoms with Gasteiger partial charge in [0.05, 0.1) is 12.6 Å². The number of nitrogens with zero attached hydrogens (tertiary/aromatic N) is 1. The van der Waals surface area contributed by atoms with Crippen molar-refractivity contribution in [3.05, 3.63) is 40.9 Å². The fourth-order valence-corrected chi connectivity index (χ4v) is 2.70. The van der Waals surface area contributed by atoms with Crippen LogP contribution in [0.25, 0.3) is 6.08 Å². The van der Waals surface area contributed by atoms with Crippen molar-refractivity contribution in [3.63, 3.8) is 0 Å². The van der Waals surface area contributed by atoms with E-state index in [1.807, 2.05) is 71.0 Å². The summed E-state index contributed by atoms with van der Waals surface area (Å²) in [4.78, 5) is 14.0. The zero-order valence-electron chi connectivity index (χ0n) is 16.3.